The Kier molecular flexibility index (Phi) is 9.48. The van der Waals surface area contributed by atoms with E-state index in [0.29, 0.717) is 40.4 Å². The van der Waals surface area contributed by atoms with Gasteiger partial charge in [0.1, 0.15) is 34.6 Å². The van der Waals surface area contributed by atoms with Gasteiger partial charge >= 0.3 is 5.97 Å². The van der Waals surface area contributed by atoms with Crippen LogP contribution in [0, 0.1) is 12.8 Å². The number of para-hydroxylation sites is 3. The van der Waals surface area contributed by atoms with Crippen molar-refractivity contribution in [1.29, 1.82) is 0 Å². The van der Waals surface area contributed by atoms with E-state index >= 15 is 0 Å². The molecule has 5 aromatic rings. The summed E-state index contributed by atoms with van der Waals surface area (Å²) >= 11 is 1.45. The van der Waals surface area contributed by atoms with Gasteiger partial charge in [-0.2, -0.15) is 0 Å². The Bertz CT molecular complexity index is 2260. The zero-order valence-corrected chi connectivity index (χ0v) is 30.3. The molecule has 0 radical (unpaired) electrons. The molecule has 14 nitrogen and oxygen atoms in total. The minimum atomic E-state index is -1.47. The minimum Gasteiger partial charge on any atom is -0.479 e. The number of carboxylic acids is 1. The molecule has 15 heteroatoms. The average molecular weight is 747 g/mol. The smallest absolute Gasteiger partial charge is 0.330 e. The normalized spacial score (nSPS) is 24.6. The predicted octanol–water partition coefficient (Wildman–Crippen LogP) is 4.63. The highest BCUT2D eigenvalue weighted by atomic mass is 32.1. The molecule has 0 spiro atoms. The van der Waals surface area contributed by atoms with Gasteiger partial charge in [-0.15, -0.1) is 11.3 Å². The highest BCUT2D eigenvalue weighted by Crippen LogP contribution is 2.45. The van der Waals surface area contributed by atoms with Crippen LogP contribution < -0.4 is 15.4 Å². The lowest BCUT2D eigenvalue weighted by Gasteiger charge is -2.29. The standard InChI is InChI=1S/C39H38N8O6S/c1-22-40-19-23(20-41-22)33(48)43-29-15-6-4-2-3-5-11-24-18-39(24,38(51)52)46-34(49)30-17-25(21-47(30)37(29)50)53-35-32(42-26-12-7-8-13-27(26)44-35)36-45-28-14-9-10-16-31(28)54-36/h5,7-14,16,19-20,24-25,29-30H,2-4,6,15,17-18,21H2,1H3,(H,43,48)(H,46,49)(H,51,52)/t24-,25-,29+,30+,39-/m1/s1. The van der Waals surface area contributed by atoms with Crippen molar-refractivity contribution in [1.82, 2.24) is 40.5 Å². The van der Waals surface area contributed by atoms with E-state index in [1.165, 1.54) is 28.6 Å². The Morgan fingerprint density at radius 1 is 0.981 bits per heavy atom. The SMILES string of the molecule is Cc1ncc(C(=O)N[C@H]2CCCCCC=C[C@@H]3C[C@@]3(C(=O)O)NC(=O)[C@@H]3C[C@@H](Oc4nc5ccccc5nc4-c4nc5ccccc5s4)CN3C2=O)cn1. The second-order valence-corrected chi connectivity index (χ2v) is 15.1. The molecule has 0 unspecified atom stereocenters. The number of allylic oxidation sites excluding steroid dienone is 1. The fourth-order valence-electron chi connectivity index (χ4n) is 7.24. The monoisotopic (exact) mass is 746 g/mol. The van der Waals surface area contributed by atoms with Gasteiger partial charge in [0.05, 0.1) is 33.4 Å². The number of thiazole rings is 1. The maximum Gasteiger partial charge on any atom is 0.330 e. The topological polar surface area (TPSA) is 189 Å². The lowest BCUT2D eigenvalue weighted by Crippen LogP contribution is -2.56. The molecule has 3 amide bonds. The van der Waals surface area contributed by atoms with Crippen molar-refractivity contribution in [3.05, 3.63) is 84.5 Å². The molecule has 2 fully saturated rings. The summed E-state index contributed by atoms with van der Waals surface area (Å²) in [6.07, 6.45) is 9.52. The predicted molar refractivity (Wildman–Crippen MR) is 200 cm³/mol. The molecule has 3 aliphatic rings. The van der Waals surface area contributed by atoms with Crippen LogP contribution in [0.15, 0.2) is 73.1 Å². The summed E-state index contributed by atoms with van der Waals surface area (Å²) in [5.41, 5.74) is 1.21. The molecule has 2 aliphatic heterocycles. The van der Waals surface area contributed by atoms with E-state index in [4.69, 9.17) is 19.7 Å². The van der Waals surface area contributed by atoms with Crippen LogP contribution in [0.4, 0.5) is 0 Å². The zero-order valence-electron chi connectivity index (χ0n) is 29.5. The highest BCUT2D eigenvalue weighted by molar-refractivity contribution is 7.21. The van der Waals surface area contributed by atoms with E-state index in [1.807, 2.05) is 60.7 Å². The third-order valence-corrected chi connectivity index (χ3v) is 11.3. The van der Waals surface area contributed by atoms with E-state index in [-0.39, 0.29) is 36.7 Å². The van der Waals surface area contributed by atoms with Crippen molar-refractivity contribution in [3.8, 4) is 16.6 Å². The fraction of sp³-hybridized carbons (Fsp3) is 0.359. The van der Waals surface area contributed by atoms with Gasteiger partial charge < -0.3 is 25.4 Å². The van der Waals surface area contributed by atoms with Crippen molar-refractivity contribution in [2.75, 3.05) is 6.54 Å². The van der Waals surface area contributed by atoms with Gasteiger partial charge in [0, 0.05) is 24.7 Å². The Hall–Kier alpha value is -5.83. The number of ether oxygens (including phenoxy) is 1. The number of amides is 3. The summed E-state index contributed by atoms with van der Waals surface area (Å²) in [6.45, 7) is 1.69. The van der Waals surface area contributed by atoms with Gasteiger partial charge in [-0.05, 0) is 56.9 Å². The van der Waals surface area contributed by atoms with Crippen molar-refractivity contribution in [2.45, 2.75) is 75.6 Å². The Labute approximate surface area is 314 Å². The molecule has 8 rings (SSSR count). The Balaban J connectivity index is 1.13. The van der Waals surface area contributed by atoms with E-state index in [9.17, 15) is 24.3 Å². The van der Waals surface area contributed by atoms with Crippen LogP contribution in [0.25, 0.3) is 32.0 Å². The summed E-state index contributed by atoms with van der Waals surface area (Å²) in [6, 6.07) is 13.1. The van der Waals surface area contributed by atoms with Crippen LogP contribution >= 0.6 is 11.3 Å². The maximum absolute atomic E-state index is 14.6. The van der Waals surface area contributed by atoms with E-state index in [2.05, 4.69) is 20.6 Å². The third-order valence-electron chi connectivity index (χ3n) is 10.3. The minimum absolute atomic E-state index is 0.0197. The van der Waals surface area contributed by atoms with Gasteiger partial charge in [0.15, 0.2) is 5.69 Å². The van der Waals surface area contributed by atoms with E-state index < -0.39 is 47.4 Å². The summed E-state index contributed by atoms with van der Waals surface area (Å²) < 4.78 is 7.56. The van der Waals surface area contributed by atoms with Gasteiger partial charge in [-0.3, -0.25) is 14.4 Å². The van der Waals surface area contributed by atoms with Crippen LogP contribution in [-0.2, 0) is 14.4 Å². The molecule has 1 saturated carbocycles. The first-order valence-electron chi connectivity index (χ1n) is 18.1. The van der Waals surface area contributed by atoms with E-state index in [1.54, 1.807) is 6.92 Å². The van der Waals surface area contributed by atoms with Gasteiger partial charge in [0.2, 0.25) is 17.7 Å². The number of fused-ring (bicyclic) bond motifs is 4. The molecular weight excluding hydrogens is 709 g/mol. The molecule has 276 valence electrons. The number of hydrogen-bond acceptors (Lipinski definition) is 11. The summed E-state index contributed by atoms with van der Waals surface area (Å²) in [7, 11) is 0. The number of hydrogen-bond donors (Lipinski definition) is 3. The fourth-order valence-corrected chi connectivity index (χ4v) is 8.18. The molecular formula is C39H38N8O6S. The largest absolute Gasteiger partial charge is 0.479 e. The molecule has 5 atom stereocenters. The number of carbonyl (C=O) groups excluding carboxylic acids is 3. The second-order valence-electron chi connectivity index (χ2n) is 14.0. The van der Waals surface area contributed by atoms with E-state index in [0.717, 1.165) is 29.5 Å². The molecule has 3 N–H and O–H groups in total. The molecule has 1 saturated heterocycles. The van der Waals surface area contributed by atoms with Gasteiger partial charge in [-0.1, -0.05) is 49.3 Å². The second kappa shape index (κ2) is 14.5. The first-order chi connectivity index (χ1) is 26.2. The van der Waals surface area contributed by atoms with Crippen LogP contribution in [0.2, 0.25) is 0 Å². The van der Waals surface area contributed by atoms with Crippen molar-refractivity contribution < 1.29 is 29.0 Å². The highest BCUT2D eigenvalue weighted by Gasteiger charge is 2.61. The first-order valence-corrected chi connectivity index (χ1v) is 18.9. The number of nitrogens with zero attached hydrogens (tertiary/aromatic N) is 6. The molecule has 0 bridgehead atoms. The number of carbonyl (C=O) groups is 4. The lowest BCUT2D eigenvalue weighted by molar-refractivity contribution is -0.145. The van der Waals surface area contributed by atoms with Crippen LogP contribution in [0.1, 0.15) is 61.1 Å². The van der Waals surface area contributed by atoms with Crippen molar-refractivity contribution in [3.63, 3.8) is 0 Å². The molecule has 5 heterocycles. The quantitative estimate of drug-likeness (QED) is 0.206. The van der Waals surface area contributed by atoms with Crippen LogP contribution in [0.5, 0.6) is 5.88 Å². The molecule has 2 aromatic carbocycles. The third kappa shape index (κ3) is 6.98. The van der Waals surface area contributed by atoms with Crippen molar-refractivity contribution in [2.24, 2.45) is 5.92 Å². The number of aliphatic carboxylic acids is 1. The Morgan fingerprint density at radius 3 is 2.48 bits per heavy atom. The Morgan fingerprint density at radius 2 is 1.72 bits per heavy atom. The van der Waals surface area contributed by atoms with Crippen molar-refractivity contribution >= 4 is 56.3 Å². The maximum atomic E-state index is 14.6. The average Bonchev–Trinajstić information content (AvgIpc) is 3.47. The number of aromatic nitrogens is 5. The number of nitrogens with one attached hydrogen (secondary N) is 2. The summed E-state index contributed by atoms with van der Waals surface area (Å²) in [4.78, 5) is 78.9. The van der Waals surface area contributed by atoms with Crippen LogP contribution in [0.3, 0.4) is 0 Å². The van der Waals surface area contributed by atoms with Gasteiger partial charge in [0.25, 0.3) is 5.91 Å². The van der Waals surface area contributed by atoms with Gasteiger partial charge in [-0.25, -0.2) is 29.7 Å². The number of rotatable bonds is 6. The first kappa shape index (κ1) is 35.2. The lowest BCUT2D eigenvalue weighted by atomic mass is 10.0. The zero-order chi connectivity index (χ0) is 37.4. The number of aryl methyl sites for hydroxylation is 1. The molecule has 54 heavy (non-hydrogen) atoms. The molecule has 1 aliphatic carbocycles. The summed E-state index contributed by atoms with van der Waals surface area (Å²) in [5, 5.41) is 16.5. The summed E-state index contributed by atoms with van der Waals surface area (Å²) in [5.74, 6) is -2.38. The number of carboxylic acid groups (broad SMARTS) is 1. The molecule has 3 aromatic heterocycles. The van der Waals surface area contributed by atoms with Crippen LogP contribution in [-0.4, -0.2) is 88.9 Å². The number of benzene rings is 2.